The van der Waals surface area contributed by atoms with Gasteiger partial charge in [0, 0.05) is 27.7 Å². The third-order valence-corrected chi connectivity index (χ3v) is 6.54. The first-order valence-corrected chi connectivity index (χ1v) is 12.1. The lowest BCUT2D eigenvalue weighted by molar-refractivity contribution is -0.121. The standard InChI is InChI=1S/C29H29ClN2O3/c1-19(9-10-21-7-5-4-6-8-21)31-28(33)18-25-20(2)32(27-16-15-24(35-3)17-26(25)27)29(34)22-11-13-23(30)14-12-22/h4-8,11-17,19H,9-10,18H2,1-3H3,(H,31,33)/t19-/m1/s1. The summed E-state index contributed by atoms with van der Waals surface area (Å²) < 4.78 is 7.08. The fourth-order valence-corrected chi connectivity index (χ4v) is 4.51. The maximum atomic E-state index is 13.4. The van der Waals surface area contributed by atoms with Gasteiger partial charge in [0.05, 0.1) is 19.0 Å². The van der Waals surface area contributed by atoms with Crippen LogP contribution < -0.4 is 10.1 Å². The van der Waals surface area contributed by atoms with Crippen LogP contribution in [0.4, 0.5) is 0 Å². The van der Waals surface area contributed by atoms with Crippen molar-refractivity contribution in [3.05, 3.63) is 100 Å². The van der Waals surface area contributed by atoms with Gasteiger partial charge in [-0.1, -0.05) is 41.9 Å². The van der Waals surface area contributed by atoms with Gasteiger partial charge in [0.15, 0.2) is 0 Å². The number of aryl methyl sites for hydroxylation is 1. The van der Waals surface area contributed by atoms with Crippen LogP contribution in [-0.4, -0.2) is 29.5 Å². The molecule has 0 aliphatic carbocycles. The summed E-state index contributed by atoms with van der Waals surface area (Å²) in [6, 6.07) is 22.6. The highest BCUT2D eigenvalue weighted by Crippen LogP contribution is 2.31. The van der Waals surface area contributed by atoms with Gasteiger partial charge in [-0.2, -0.15) is 0 Å². The molecule has 0 spiro atoms. The minimum absolute atomic E-state index is 0.0293. The molecule has 0 unspecified atom stereocenters. The van der Waals surface area contributed by atoms with Crippen molar-refractivity contribution in [3.8, 4) is 5.75 Å². The fourth-order valence-electron chi connectivity index (χ4n) is 4.38. The van der Waals surface area contributed by atoms with Crippen LogP contribution in [0.5, 0.6) is 5.75 Å². The van der Waals surface area contributed by atoms with Crippen LogP contribution in [0.2, 0.25) is 5.02 Å². The number of halogens is 1. The van der Waals surface area contributed by atoms with Crippen LogP contribution in [0.15, 0.2) is 72.8 Å². The molecule has 0 saturated heterocycles. The Labute approximate surface area is 210 Å². The summed E-state index contributed by atoms with van der Waals surface area (Å²) in [5, 5.41) is 4.51. The van der Waals surface area contributed by atoms with E-state index in [9.17, 15) is 9.59 Å². The lowest BCUT2D eigenvalue weighted by Gasteiger charge is -2.14. The van der Waals surface area contributed by atoms with E-state index < -0.39 is 0 Å². The van der Waals surface area contributed by atoms with Crippen LogP contribution in [0.25, 0.3) is 10.9 Å². The Morgan fingerprint density at radius 3 is 2.43 bits per heavy atom. The van der Waals surface area contributed by atoms with Crippen LogP contribution in [0.3, 0.4) is 0 Å². The molecule has 3 aromatic carbocycles. The molecule has 35 heavy (non-hydrogen) atoms. The van der Waals surface area contributed by atoms with Gasteiger partial charge in [-0.15, -0.1) is 0 Å². The van der Waals surface area contributed by atoms with Gasteiger partial charge in [-0.3, -0.25) is 14.2 Å². The smallest absolute Gasteiger partial charge is 0.262 e. The van der Waals surface area contributed by atoms with E-state index in [-0.39, 0.29) is 24.3 Å². The number of carbonyl (C=O) groups excluding carboxylic acids is 2. The molecule has 1 atom stereocenters. The van der Waals surface area contributed by atoms with E-state index in [0.717, 1.165) is 35.0 Å². The number of methoxy groups -OCH3 is 1. The summed E-state index contributed by atoms with van der Waals surface area (Å²) in [6.07, 6.45) is 1.92. The van der Waals surface area contributed by atoms with Gasteiger partial charge >= 0.3 is 0 Å². The van der Waals surface area contributed by atoms with Crippen molar-refractivity contribution in [1.29, 1.82) is 0 Å². The zero-order chi connectivity index (χ0) is 24.9. The first kappa shape index (κ1) is 24.6. The largest absolute Gasteiger partial charge is 0.497 e. The Morgan fingerprint density at radius 1 is 1.03 bits per heavy atom. The lowest BCUT2D eigenvalue weighted by Crippen LogP contribution is -2.34. The van der Waals surface area contributed by atoms with Gasteiger partial charge < -0.3 is 10.1 Å². The quantitative estimate of drug-likeness (QED) is 0.332. The number of benzene rings is 3. The second kappa shape index (κ2) is 10.8. The molecule has 0 saturated carbocycles. The molecule has 1 amide bonds. The SMILES string of the molecule is COc1ccc2c(c1)c(CC(=O)N[C@H](C)CCc1ccccc1)c(C)n2C(=O)c1ccc(Cl)cc1. The highest BCUT2D eigenvalue weighted by Gasteiger charge is 2.22. The number of ether oxygens (including phenoxy) is 1. The second-order valence-electron chi connectivity index (χ2n) is 8.76. The average molecular weight is 489 g/mol. The van der Waals surface area contributed by atoms with E-state index in [1.807, 2.05) is 50.2 Å². The molecule has 4 aromatic rings. The molecule has 6 heteroatoms. The van der Waals surface area contributed by atoms with Crippen molar-refractivity contribution < 1.29 is 14.3 Å². The highest BCUT2D eigenvalue weighted by atomic mass is 35.5. The molecular weight excluding hydrogens is 460 g/mol. The number of fused-ring (bicyclic) bond motifs is 1. The van der Waals surface area contributed by atoms with Crippen LogP contribution in [0, 0.1) is 6.92 Å². The normalized spacial score (nSPS) is 11.9. The van der Waals surface area contributed by atoms with Gasteiger partial charge in [0.1, 0.15) is 5.75 Å². The van der Waals surface area contributed by atoms with E-state index in [2.05, 4.69) is 17.4 Å². The van der Waals surface area contributed by atoms with E-state index in [0.29, 0.717) is 16.3 Å². The fraction of sp³-hybridized carbons (Fsp3) is 0.241. The number of hydrogen-bond acceptors (Lipinski definition) is 3. The molecule has 4 rings (SSSR count). The molecule has 1 heterocycles. The van der Waals surface area contributed by atoms with Gasteiger partial charge in [-0.05, 0) is 80.3 Å². The first-order chi connectivity index (χ1) is 16.9. The summed E-state index contributed by atoms with van der Waals surface area (Å²) in [7, 11) is 1.60. The Balaban J connectivity index is 1.59. The highest BCUT2D eigenvalue weighted by molar-refractivity contribution is 6.30. The first-order valence-electron chi connectivity index (χ1n) is 11.7. The Kier molecular flexibility index (Phi) is 7.57. The van der Waals surface area contributed by atoms with E-state index >= 15 is 0 Å². The van der Waals surface area contributed by atoms with Crippen LogP contribution in [0.1, 0.15) is 40.5 Å². The topological polar surface area (TPSA) is 60.3 Å². The molecule has 0 aliphatic heterocycles. The maximum absolute atomic E-state index is 13.4. The Bertz CT molecular complexity index is 1340. The van der Waals surface area contributed by atoms with E-state index in [1.165, 1.54) is 5.56 Å². The van der Waals surface area contributed by atoms with Crippen molar-refractivity contribution >= 4 is 34.3 Å². The molecule has 180 valence electrons. The van der Waals surface area contributed by atoms with Crippen molar-refractivity contribution in [2.45, 2.75) is 39.2 Å². The Morgan fingerprint density at radius 2 is 1.74 bits per heavy atom. The molecule has 0 aliphatic rings. The monoisotopic (exact) mass is 488 g/mol. The summed E-state index contributed by atoms with van der Waals surface area (Å²) in [6.45, 7) is 3.89. The number of carbonyl (C=O) groups is 2. The molecule has 0 radical (unpaired) electrons. The minimum Gasteiger partial charge on any atom is -0.497 e. The summed E-state index contributed by atoms with van der Waals surface area (Å²) in [4.78, 5) is 26.5. The van der Waals surface area contributed by atoms with Crippen molar-refractivity contribution in [3.63, 3.8) is 0 Å². The number of aromatic nitrogens is 1. The van der Waals surface area contributed by atoms with Crippen LogP contribution >= 0.6 is 11.6 Å². The maximum Gasteiger partial charge on any atom is 0.262 e. The molecule has 0 fully saturated rings. The molecule has 0 bridgehead atoms. The third kappa shape index (κ3) is 5.57. The molecule has 1 aromatic heterocycles. The molecule has 1 N–H and O–H groups in total. The number of nitrogens with one attached hydrogen (secondary N) is 1. The van der Waals surface area contributed by atoms with Gasteiger partial charge in [0.2, 0.25) is 5.91 Å². The van der Waals surface area contributed by atoms with Gasteiger partial charge in [-0.25, -0.2) is 0 Å². The predicted molar refractivity (Wildman–Crippen MR) is 140 cm³/mol. The second-order valence-corrected chi connectivity index (χ2v) is 9.20. The van der Waals surface area contributed by atoms with Gasteiger partial charge in [0.25, 0.3) is 5.91 Å². The predicted octanol–water partition coefficient (Wildman–Crippen LogP) is 5.98. The van der Waals surface area contributed by atoms with E-state index in [1.54, 1.807) is 35.9 Å². The molecular formula is C29H29ClN2O3. The van der Waals surface area contributed by atoms with Crippen molar-refractivity contribution in [2.24, 2.45) is 0 Å². The minimum atomic E-state index is -0.169. The summed E-state index contributed by atoms with van der Waals surface area (Å²) >= 11 is 6.01. The summed E-state index contributed by atoms with van der Waals surface area (Å²) in [5.74, 6) is 0.429. The lowest BCUT2D eigenvalue weighted by atomic mass is 10.0. The average Bonchev–Trinajstić information content (AvgIpc) is 3.13. The zero-order valence-corrected chi connectivity index (χ0v) is 20.9. The zero-order valence-electron chi connectivity index (χ0n) is 20.2. The van der Waals surface area contributed by atoms with E-state index in [4.69, 9.17) is 16.3 Å². The van der Waals surface area contributed by atoms with Crippen molar-refractivity contribution in [2.75, 3.05) is 7.11 Å². The van der Waals surface area contributed by atoms with Crippen LogP contribution in [-0.2, 0) is 17.6 Å². The number of amides is 1. The third-order valence-electron chi connectivity index (χ3n) is 6.29. The number of hydrogen-bond donors (Lipinski definition) is 1. The van der Waals surface area contributed by atoms with Crippen molar-refractivity contribution in [1.82, 2.24) is 9.88 Å². The Hall–Kier alpha value is -3.57. The summed E-state index contributed by atoms with van der Waals surface area (Å²) in [5.41, 5.74) is 4.06. The molecule has 5 nitrogen and oxygen atoms in total. The number of nitrogens with zero attached hydrogens (tertiary/aromatic N) is 1. The number of rotatable bonds is 8.